The van der Waals surface area contributed by atoms with Gasteiger partial charge in [-0.3, -0.25) is 4.79 Å². The summed E-state index contributed by atoms with van der Waals surface area (Å²) in [5.74, 6) is -0.564. The van der Waals surface area contributed by atoms with Gasteiger partial charge in [0.15, 0.2) is 5.78 Å². The predicted octanol–water partition coefficient (Wildman–Crippen LogP) is 0.835. The minimum atomic E-state index is -0.803. The molecular weight excluding hydrogens is 222 g/mol. The molecule has 0 bridgehead atoms. The molecule has 0 fully saturated rings. The lowest BCUT2D eigenvalue weighted by Gasteiger charge is -2.15. The van der Waals surface area contributed by atoms with E-state index in [0.29, 0.717) is 11.3 Å². The zero-order valence-electron chi connectivity index (χ0n) is 9.77. The Hall–Kier alpha value is -1.88. The number of ketones is 1. The van der Waals surface area contributed by atoms with Crippen molar-refractivity contribution in [1.29, 1.82) is 0 Å². The van der Waals surface area contributed by atoms with Crippen molar-refractivity contribution in [2.24, 2.45) is 0 Å². The third-order valence-electron chi connectivity index (χ3n) is 2.30. The zero-order chi connectivity index (χ0) is 12.8. The summed E-state index contributed by atoms with van der Waals surface area (Å²) in [5.41, 5.74) is 1.23. The van der Waals surface area contributed by atoms with Crippen LogP contribution in [0.25, 0.3) is 0 Å². The van der Waals surface area contributed by atoms with E-state index in [2.05, 4.69) is 10.1 Å². The molecule has 5 nitrogen and oxygen atoms in total. The fourth-order valence-corrected chi connectivity index (χ4v) is 1.32. The van der Waals surface area contributed by atoms with Crippen LogP contribution < -0.4 is 5.32 Å². The molecular formula is C12H15NO4. The highest BCUT2D eigenvalue weighted by Gasteiger charge is 2.17. The first-order valence-electron chi connectivity index (χ1n) is 5.14. The summed E-state index contributed by atoms with van der Waals surface area (Å²) >= 11 is 0. The monoisotopic (exact) mass is 237 g/mol. The van der Waals surface area contributed by atoms with Gasteiger partial charge in [0.2, 0.25) is 0 Å². The zero-order valence-corrected chi connectivity index (χ0v) is 9.77. The number of rotatable bonds is 5. The number of ether oxygens (including phenoxy) is 1. The highest BCUT2D eigenvalue weighted by Crippen LogP contribution is 2.11. The van der Waals surface area contributed by atoms with Crippen LogP contribution in [-0.4, -0.2) is 36.6 Å². The van der Waals surface area contributed by atoms with Gasteiger partial charge in [-0.25, -0.2) is 4.79 Å². The van der Waals surface area contributed by atoms with Crippen molar-refractivity contribution in [3.63, 3.8) is 0 Å². The molecule has 0 spiro atoms. The Morgan fingerprint density at radius 2 is 1.94 bits per heavy atom. The number of hydrogen-bond donors (Lipinski definition) is 2. The van der Waals surface area contributed by atoms with Gasteiger partial charge in [-0.2, -0.15) is 0 Å². The van der Waals surface area contributed by atoms with Gasteiger partial charge in [0.1, 0.15) is 6.04 Å². The van der Waals surface area contributed by atoms with E-state index in [-0.39, 0.29) is 12.4 Å². The molecule has 2 N–H and O–H groups in total. The maximum atomic E-state index is 11.2. The Kier molecular flexibility index (Phi) is 4.66. The topological polar surface area (TPSA) is 75.6 Å². The number of esters is 1. The molecule has 92 valence electrons. The Bertz CT molecular complexity index is 399. The number of nitrogens with one attached hydrogen (secondary N) is 1. The molecule has 0 radical (unpaired) electrons. The average Bonchev–Trinajstić information content (AvgIpc) is 2.35. The Balaban J connectivity index is 2.74. The second kappa shape index (κ2) is 6.00. The molecule has 1 aromatic carbocycles. The number of methoxy groups -OCH3 is 1. The van der Waals surface area contributed by atoms with Gasteiger partial charge in [-0.15, -0.1) is 0 Å². The third kappa shape index (κ3) is 3.57. The van der Waals surface area contributed by atoms with Crippen molar-refractivity contribution in [2.45, 2.75) is 13.0 Å². The first kappa shape index (κ1) is 13.2. The number of Topliss-reactive ketones (excluding diaryl/α,β-unsaturated/α-hetero) is 1. The van der Waals surface area contributed by atoms with Gasteiger partial charge in [0.05, 0.1) is 13.7 Å². The van der Waals surface area contributed by atoms with E-state index in [0.717, 1.165) is 0 Å². The summed E-state index contributed by atoms with van der Waals surface area (Å²) in [4.78, 5) is 22.3. The maximum Gasteiger partial charge on any atom is 0.330 e. The van der Waals surface area contributed by atoms with Crippen LogP contribution in [0.5, 0.6) is 0 Å². The van der Waals surface area contributed by atoms with E-state index in [1.807, 2.05) is 0 Å². The van der Waals surface area contributed by atoms with Crippen LogP contribution in [0.15, 0.2) is 24.3 Å². The van der Waals surface area contributed by atoms with Crippen LogP contribution in [0.4, 0.5) is 5.69 Å². The quantitative estimate of drug-likeness (QED) is 0.586. The van der Waals surface area contributed by atoms with E-state index in [4.69, 9.17) is 5.11 Å². The molecule has 5 heteroatoms. The second-order valence-corrected chi connectivity index (χ2v) is 3.54. The van der Waals surface area contributed by atoms with Crippen LogP contribution >= 0.6 is 0 Å². The second-order valence-electron chi connectivity index (χ2n) is 3.54. The number of carbonyl (C=O) groups excluding carboxylic acids is 2. The molecule has 0 saturated heterocycles. The summed E-state index contributed by atoms with van der Waals surface area (Å²) in [6.07, 6.45) is 0. The lowest BCUT2D eigenvalue weighted by Crippen LogP contribution is -2.34. The van der Waals surface area contributed by atoms with Crippen molar-refractivity contribution < 1.29 is 19.4 Å². The molecule has 1 atom stereocenters. The van der Waals surface area contributed by atoms with Gasteiger partial charge < -0.3 is 15.2 Å². The van der Waals surface area contributed by atoms with Crippen molar-refractivity contribution >= 4 is 17.4 Å². The number of hydrogen-bond acceptors (Lipinski definition) is 5. The molecule has 0 aliphatic heterocycles. The van der Waals surface area contributed by atoms with Crippen LogP contribution in [-0.2, 0) is 9.53 Å². The highest BCUT2D eigenvalue weighted by atomic mass is 16.5. The molecule has 0 heterocycles. The maximum absolute atomic E-state index is 11.2. The van der Waals surface area contributed by atoms with Crippen molar-refractivity contribution in [2.75, 3.05) is 19.0 Å². The standard InChI is InChI=1S/C12H15NO4/c1-8(15)9-3-5-10(6-4-9)13-11(7-14)12(16)17-2/h3-6,11,13-14H,7H2,1-2H3. The SMILES string of the molecule is COC(=O)C(CO)Nc1ccc(C(C)=O)cc1. The van der Waals surface area contributed by atoms with Crippen LogP contribution in [0, 0.1) is 0 Å². The van der Waals surface area contributed by atoms with Gasteiger partial charge in [0, 0.05) is 11.3 Å². The first-order valence-corrected chi connectivity index (χ1v) is 5.14. The molecule has 1 rings (SSSR count). The van der Waals surface area contributed by atoms with Gasteiger partial charge in [-0.1, -0.05) is 0 Å². The molecule has 0 aromatic heterocycles. The Morgan fingerprint density at radius 1 is 1.35 bits per heavy atom. The molecule has 0 aliphatic carbocycles. The fourth-order valence-electron chi connectivity index (χ4n) is 1.32. The minimum Gasteiger partial charge on any atom is -0.467 e. The molecule has 0 aliphatic rings. The Labute approximate surface area is 99.4 Å². The van der Waals surface area contributed by atoms with E-state index in [9.17, 15) is 9.59 Å². The average molecular weight is 237 g/mol. The summed E-state index contributed by atoms with van der Waals surface area (Å²) in [7, 11) is 1.26. The number of aliphatic hydroxyl groups is 1. The third-order valence-corrected chi connectivity index (χ3v) is 2.30. The molecule has 0 saturated carbocycles. The normalized spacial score (nSPS) is 11.7. The van der Waals surface area contributed by atoms with Crippen LogP contribution in [0.2, 0.25) is 0 Å². The van der Waals surface area contributed by atoms with Crippen LogP contribution in [0.1, 0.15) is 17.3 Å². The number of anilines is 1. The number of carbonyl (C=O) groups is 2. The van der Waals surface area contributed by atoms with Crippen molar-refractivity contribution in [1.82, 2.24) is 0 Å². The molecule has 17 heavy (non-hydrogen) atoms. The number of aliphatic hydroxyl groups excluding tert-OH is 1. The predicted molar refractivity (Wildman–Crippen MR) is 63.0 cm³/mol. The van der Waals surface area contributed by atoms with Crippen molar-refractivity contribution in [3.8, 4) is 0 Å². The Morgan fingerprint density at radius 3 is 2.35 bits per heavy atom. The summed E-state index contributed by atoms with van der Waals surface area (Å²) in [5, 5.41) is 11.8. The van der Waals surface area contributed by atoms with E-state index in [1.165, 1.54) is 14.0 Å². The van der Waals surface area contributed by atoms with Crippen LogP contribution in [0.3, 0.4) is 0 Å². The smallest absolute Gasteiger partial charge is 0.330 e. The number of benzene rings is 1. The summed E-state index contributed by atoms with van der Waals surface area (Å²) in [6.45, 7) is 1.12. The molecule has 1 aromatic rings. The van der Waals surface area contributed by atoms with Gasteiger partial charge >= 0.3 is 5.97 Å². The van der Waals surface area contributed by atoms with Crippen molar-refractivity contribution in [3.05, 3.63) is 29.8 Å². The van der Waals surface area contributed by atoms with Gasteiger partial charge in [-0.05, 0) is 31.2 Å². The largest absolute Gasteiger partial charge is 0.467 e. The fraction of sp³-hybridized carbons (Fsp3) is 0.333. The summed E-state index contributed by atoms with van der Waals surface area (Å²) in [6, 6.07) is 5.83. The van der Waals surface area contributed by atoms with Gasteiger partial charge in [0.25, 0.3) is 0 Å². The lowest BCUT2D eigenvalue weighted by atomic mass is 10.1. The summed E-state index contributed by atoms with van der Waals surface area (Å²) < 4.78 is 4.52. The van der Waals surface area contributed by atoms with E-state index in [1.54, 1.807) is 24.3 Å². The lowest BCUT2D eigenvalue weighted by molar-refractivity contribution is -0.142. The minimum absolute atomic E-state index is 0.0248. The first-order chi connectivity index (χ1) is 8.08. The van der Waals surface area contributed by atoms with E-state index < -0.39 is 12.0 Å². The van der Waals surface area contributed by atoms with E-state index >= 15 is 0 Å². The molecule has 1 unspecified atom stereocenters. The molecule has 0 amide bonds. The highest BCUT2D eigenvalue weighted by molar-refractivity contribution is 5.94.